The predicted octanol–water partition coefficient (Wildman–Crippen LogP) is 17.6. The molecule has 0 radical (unpaired) electrons. The first kappa shape index (κ1) is 67.9. The van der Waals surface area contributed by atoms with E-state index in [4.69, 9.17) is 24.3 Å². The van der Waals surface area contributed by atoms with Gasteiger partial charge >= 0.3 is 19.8 Å². The molecule has 0 heterocycles. The fourth-order valence-corrected chi connectivity index (χ4v) is 7.64. The second-order valence-corrected chi connectivity index (χ2v) is 19.2. The van der Waals surface area contributed by atoms with Crippen LogP contribution < -0.4 is 5.73 Å². The molecule has 2 atom stereocenters. The van der Waals surface area contributed by atoms with E-state index in [1.807, 2.05) is 0 Å². The molecule has 0 aromatic rings. The number of hydrogen-bond acceptors (Lipinski definition) is 8. The Bertz CT molecular complexity index is 1680. The monoisotopic (exact) mass is 1020 g/mol. The highest BCUT2D eigenvalue weighted by Gasteiger charge is 2.26. The summed E-state index contributed by atoms with van der Waals surface area (Å²) in [6.07, 6.45) is 80.6. The van der Waals surface area contributed by atoms with Gasteiger partial charge in [0.2, 0.25) is 0 Å². The summed E-state index contributed by atoms with van der Waals surface area (Å²) in [6.45, 7) is 3.50. The third-order valence-corrected chi connectivity index (χ3v) is 11.9. The van der Waals surface area contributed by atoms with Crippen molar-refractivity contribution in [2.75, 3.05) is 26.4 Å². The molecule has 406 valence electrons. The zero-order chi connectivity index (χ0) is 52.4. The summed E-state index contributed by atoms with van der Waals surface area (Å²) >= 11 is 0. The Labute approximate surface area is 439 Å². The molecule has 72 heavy (non-hydrogen) atoms. The molecule has 0 aliphatic rings. The van der Waals surface area contributed by atoms with E-state index in [1.165, 1.54) is 19.3 Å². The second kappa shape index (κ2) is 56.2. The molecule has 10 heteroatoms. The molecule has 9 nitrogen and oxygen atoms in total. The largest absolute Gasteiger partial charge is 0.472 e. The van der Waals surface area contributed by atoms with Gasteiger partial charge in [-0.25, -0.2) is 4.57 Å². The Morgan fingerprint density at radius 2 is 0.764 bits per heavy atom. The normalized spacial score (nSPS) is 14.2. The van der Waals surface area contributed by atoms with Gasteiger partial charge in [0.05, 0.1) is 13.2 Å². The minimum atomic E-state index is -4.39. The number of phosphoric ester groups is 1. The zero-order valence-corrected chi connectivity index (χ0v) is 46.0. The Morgan fingerprint density at radius 1 is 0.431 bits per heavy atom. The fraction of sp³-hybridized carbons (Fsp3) is 0.581. The minimum Gasteiger partial charge on any atom is -0.462 e. The standard InChI is InChI=1S/C62H100NO8P/c1-3-5-7-9-11-13-15-16-17-18-19-20-21-22-23-24-25-26-27-28-29-30-31-32-33-34-35-36-37-38-39-40-41-42-43-44-45-47-49-51-53-55-62(65)71-60(59-70-72(66,67)69-57-56-63)58-68-61(64)54-52-50-48-46-14-12-10-8-6-4-2/h5,7-8,10-11,13,16-17,19-20,22-23,25-26,28-29,31-32,34-35,37-38,40-41,60H,3-4,6,9,12,14-15,18,21,24,27,30,33,36,39,42-59,63H2,1-2H3,(H,66,67)/b7-5-,10-8-,13-11-,17-16-,20-19-,23-22-,26-25-,29-28-,32-31-,35-34-,38-37-,41-40-. The van der Waals surface area contributed by atoms with Gasteiger partial charge in [-0.2, -0.15) is 0 Å². The molecule has 0 aliphatic carbocycles. The highest BCUT2D eigenvalue weighted by atomic mass is 31.2. The highest BCUT2D eigenvalue weighted by molar-refractivity contribution is 7.47. The number of hydrogen-bond donors (Lipinski definition) is 2. The van der Waals surface area contributed by atoms with Crippen molar-refractivity contribution in [3.63, 3.8) is 0 Å². The first-order valence-corrected chi connectivity index (χ1v) is 29.3. The molecular formula is C62H100NO8P. The summed E-state index contributed by atoms with van der Waals surface area (Å²) < 4.78 is 32.8. The summed E-state index contributed by atoms with van der Waals surface area (Å²) in [4.78, 5) is 34.9. The minimum absolute atomic E-state index is 0.0434. The van der Waals surface area contributed by atoms with E-state index in [0.29, 0.717) is 12.8 Å². The number of rotatable bonds is 50. The van der Waals surface area contributed by atoms with Crippen LogP contribution in [0.3, 0.4) is 0 Å². The number of allylic oxidation sites excluding steroid dienone is 24. The number of carbonyl (C=O) groups excluding carboxylic acids is 2. The smallest absolute Gasteiger partial charge is 0.462 e. The summed E-state index contributed by atoms with van der Waals surface area (Å²) in [7, 11) is -4.39. The van der Waals surface area contributed by atoms with Gasteiger partial charge in [-0.05, 0) is 116 Å². The van der Waals surface area contributed by atoms with Crippen LogP contribution in [0, 0.1) is 0 Å². The molecule has 0 fully saturated rings. The lowest BCUT2D eigenvalue weighted by molar-refractivity contribution is -0.161. The van der Waals surface area contributed by atoms with Crippen LogP contribution in [-0.2, 0) is 32.7 Å². The van der Waals surface area contributed by atoms with Crippen LogP contribution in [0.25, 0.3) is 0 Å². The van der Waals surface area contributed by atoms with Crippen LogP contribution in [0.1, 0.15) is 200 Å². The number of phosphoric acid groups is 1. The molecule has 0 aromatic heterocycles. The van der Waals surface area contributed by atoms with Gasteiger partial charge in [0, 0.05) is 19.4 Å². The number of esters is 2. The Kier molecular flexibility index (Phi) is 53.0. The molecule has 0 saturated heterocycles. The van der Waals surface area contributed by atoms with Gasteiger partial charge in [0.1, 0.15) is 6.61 Å². The first-order valence-electron chi connectivity index (χ1n) is 27.8. The number of carbonyl (C=O) groups is 2. The van der Waals surface area contributed by atoms with E-state index in [1.54, 1.807) is 0 Å². The van der Waals surface area contributed by atoms with Gasteiger partial charge < -0.3 is 20.1 Å². The molecule has 3 N–H and O–H groups in total. The van der Waals surface area contributed by atoms with Gasteiger partial charge in [0.25, 0.3) is 0 Å². The van der Waals surface area contributed by atoms with Gasteiger partial charge in [-0.15, -0.1) is 0 Å². The SMILES string of the molecule is CC/C=C\C/C=C\C/C=C\C/C=C\C/C=C\C/C=C\C/C=C\C/C=C\C/C=C\C/C=C\C/C=C\CCCCCCCCCC(=O)OC(COC(=O)CCCCCCC/C=C\CCC)COP(=O)(O)OCCN. The van der Waals surface area contributed by atoms with E-state index < -0.39 is 32.5 Å². The van der Waals surface area contributed by atoms with Crippen LogP contribution in [-0.4, -0.2) is 49.3 Å². The van der Waals surface area contributed by atoms with Crippen molar-refractivity contribution in [1.29, 1.82) is 0 Å². The molecule has 0 amide bonds. The van der Waals surface area contributed by atoms with E-state index >= 15 is 0 Å². The van der Waals surface area contributed by atoms with E-state index in [9.17, 15) is 19.0 Å². The molecule has 0 aromatic carbocycles. The molecule has 2 unspecified atom stereocenters. The van der Waals surface area contributed by atoms with Crippen molar-refractivity contribution >= 4 is 19.8 Å². The molecule has 0 spiro atoms. The fourth-order valence-electron chi connectivity index (χ4n) is 6.88. The quantitative estimate of drug-likeness (QED) is 0.0264. The zero-order valence-electron chi connectivity index (χ0n) is 45.1. The van der Waals surface area contributed by atoms with Crippen molar-refractivity contribution in [1.82, 2.24) is 0 Å². The molecule has 0 saturated carbocycles. The maximum atomic E-state index is 12.6. The lowest BCUT2D eigenvalue weighted by Crippen LogP contribution is -2.29. The average molecular weight is 1020 g/mol. The van der Waals surface area contributed by atoms with E-state index in [2.05, 4.69) is 160 Å². The summed E-state index contributed by atoms with van der Waals surface area (Å²) in [5, 5.41) is 0. The Balaban J connectivity index is 3.98. The summed E-state index contributed by atoms with van der Waals surface area (Å²) in [5.74, 6) is -0.866. The first-order chi connectivity index (χ1) is 35.3. The Morgan fingerprint density at radius 3 is 1.15 bits per heavy atom. The lowest BCUT2D eigenvalue weighted by Gasteiger charge is -2.19. The van der Waals surface area contributed by atoms with Crippen molar-refractivity contribution in [2.24, 2.45) is 5.73 Å². The van der Waals surface area contributed by atoms with Gasteiger partial charge in [-0.3, -0.25) is 18.6 Å². The molecule has 0 bridgehead atoms. The Hall–Kier alpha value is -4.11. The molecule has 0 aliphatic heterocycles. The van der Waals surface area contributed by atoms with Crippen molar-refractivity contribution in [3.05, 3.63) is 146 Å². The van der Waals surface area contributed by atoms with Gasteiger partial charge in [-0.1, -0.05) is 217 Å². The molecule has 0 rings (SSSR count). The maximum absolute atomic E-state index is 12.6. The maximum Gasteiger partial charge on any atom is 0.472 e. The van der Waals surface area contributed by atoms with E-state index in [-0.39, 0.29) is 32.6 Å². The van der Waals surface area contributed by atoms with Crippen molar-refractivity contribution in [2.45, 2.75) is 206 Å². The lowest BCUT2D eigenvalue weighted by atomic mass is 10.1. The molecular weight excluding hydrogens is 918 g/mol. The van der Waals surface area contributed by atoms with Crippen LogP contribution in [0.5, 0.6) is 0 Å². The van der Waals surface area contributed by atoms with E-state index in [0.717, 1.165) is 141 Å². The second-order valence-electron chi connectivity index (χ2n) is 17.7. The average Bonchev–Trinajstić information content (AvgIpc) is 3.37. The van der Waals surface area contributed by atoms with Crippen LogP contribution in [0.4, 0.5) is 0 Å². The van der Waals surface area contributed by atoms with Gasteiger partial charge in [0.15, 0.2) is 6.10 Å². The number of unbranched alkanes of at least 4 members (excludes halogenated alkanes) is 13. The van der Waals surface area contributed by atoms with Crippen LogP contribution >= 0.6 is 7.82 Å². The topological polar surface area (TPSA) is 134 Å². The van der Waals surface area contributed by atoms with Crippen molar-refractivity contribution in [3.8, 4) is 0 Å². The number of ether oxygens (including phenoxy) is 2. The van der Waals surface area contributed by atoms with Crippen LogP contribution in [0.2, 0.25) is 0 Å². The third kappa shape index (κ3) is 55.2. The van der Waals surface area contributed by atoms with Crippen LogP contribution in [0.15, 0.2) is 146 Å². The third-order valence-electron chi connectivity index (χ3n) is 10.9. The highest BCUT2D eigenvalue weighted by Crippen LogP contribution is 2.43. The predicted molar refractivity (Wildman–Crippen MR) is 307 cm³/mol. The number of nitrogens with two attached hydrogens (primary N) is 1. The summed E-state index contributed by atoms with van der Waals surface area (Å²) in [5.41, 5.74) is 5.36. The summed E-state index contributed by atoms with van der Waals surface area (Å²) in [6, 6.07) is 0. The van der Waals surface area contributed by atoms with Crippen molar-refractivity contribution < 1.29 is 37.6 Å².